The number of benzene rings is 2. The van der Waals surface area contributed by atoms with E-state index >= 15 is 0 Å². The van der Waals surface area contributed by atoms with Crippen LogP contribution in [0.2, 0.25) is 0 Å². The number of rotatable bonds is 10. The molecule has 2 heterocycles. The van der Waals surface area contributed by atoms with Crippen LogP contribution in [0.3, 0.4) is 0 Å². The lowest BCUT2D eigenvalue weighted by molar-refractivity contribution is -0.144. The monoisotopic (exact) mass is 591 g/mol. The van der Waals surface area contributed by atoms with Gasteiger partial charge in [0.25, 0.3) is 0 Å². The Morgan fingerprint density at radius 2 is 1.79 bits per heavy atom. The minimum absolute atomic E-state index is 0.185. The van der Waals surface area contributed by atoms with Gasteiger partial charge in [-0.25, -0.2) is 9.59 Å². The molecule has 0 aliphatic carbocycles. The van der Waals surface area contributed by atoms with Crippen molar-refractivity contribution in [1.29, 1.82) is 0 Å². The van der Waals surface area contributed by atoms with Gasteiger partial charge in [0.15, 0.2) is 0 Å². The lowest BCUT2D eigenvalue weighted by atomic mass is 9.75. The second-order valence-corrected chi connectivity index (χ2v) is 10.7. The lowest BCUT2D eigenvalue weighted by Gasteiger charge is -2.36. The van der Waals surface area contributed by atoms with Crippen molar-refractivity contribution in [3.8, 4) is 5.75 Å². The summed E-state index contributed by atoms with van der Waals surface area (Å²) in [5.74, 6) is -2.25. The number of phenolic OH excluding ortho intramolecular Hbond substituents is 1. The van der Waals surface area contributed by atoms with Crippen molar-refractivity contribution in [3.63, 3.8) is 0 Å². The summed E-state index contributed by atoms with van der Waals surface area (Å²) in [6.45, 7) is 10.3. The van der Waals surface area contributed by atoms with Gasteiger partial charge in [-0.1, -0.05) is 18.2 Å². The first-order chi connectivity index (χ1) is 20.7. The molecule has 0 spiro atoms. The average Bonchev–Trinajstić information content (AvgIpc) is 2.99. The van der Waals surface area contributed by atoms with Crippen molar-refractivity contribution in [2.45, 2.75) is 33.1 Å². The largest absolute Gasteiger partial charge is 0.508 e. The number of phenols is 1. The van der Waals surface area contributed by atoms with Gasteiger partial charge in [0.05, 0.1) is 19.3 Å². The molecule has 4 rings (SSSR count). The van der Waals surface area contributed by atoms with E-state index < -0.39 is 23.8 Å². The first-order valence-electron chi connectivity index (χ1n) is 14.6. The smallest absolute Gasteiger partial charge is 0.336 e. The standard InChI is InChI=1S/C32H41N5O6/c1-5-43-31(40)28-22(3)34-21(2)27(30(39)42-4)29(28)23-9-6-10-24(19-23)35-32(41)33-13-8-14-36-15-17-37(18-16-36)25-11-7-12-26(38)20-25/h6-7,9-12,19-20,27,29,38H,5,8,13-18H2,1-4H3,(H2,33,35,41). The highest BCUT2D eigenvalue weighted by atomic mass is 16.5. The maximum atomic E-state index is 13.0. The molecule has 230 valence electrons. The summed E-state index contributed by atoms with van der Waals surface area (Å²) < 4.78 is 10.4. The third-order valence-corrected chi connectivity index (χ3v) is 7.79. The molecule has 1 saturated heterocycles. The number of allylic oxidation sites excluding steroid dienone is 1. The van der Waals surface area contributed by atoms with Crippen LogP contribution in [0.5, 0.6) is 5.75 Å². The molecule has 0 saturated carbocycles. The molecule has 3 N–H and O–H groups in total. The Labute approximate surface area is 252 Å². The van der Waals surface area contributed by atoms with Crippen LogP contribution in [0, 0.1) is 5.92 Å². The fourth-order valence-electron chi connectivity index (χ4n) is 5.71. The fraction of sp³-hybridized carbons (Fsp3) is 0.438. The summed E-state index contributed by atoms with van der Waals surface area (Å²) in [5, 5.41) is 15.5. The predicted molar refractivity (Wildman–Crippen MR) is 166 cm³/mol. The van der Waals surface area contributed by atoms with E-state index in [0.29, 0.717) is 34.8 Å². The summed E-state index contributed by atoms with van der Waals surface area (Å²) in [6.07, 6.45) is 0.800. The Morgan fingerprint density at radius 3 is 2.49 bits per heavy atom. The second-order valence-electron chi connectivity index (χ2n) is 10.7. The molecule has 43 heavy (non-hydrogen) atoms. The topological polar surface area (TPSA) is 133 Å². The van der Waals surface area contributed by atoms with Crippen molar-refractivity contribution < 1.29 is 29.0 Å². The second kappa shape index (κ2) is 14.7. The highest BCUT2D eigenvalue weighted by molar-refractivity contribution is 6.07. The SMILES string of the molecule is CCOC(=O)C1=C(C)N=C(C)C(C(=O)OC)C1c1cccc(NC(=O)NCCCN2CCN(c3cccc(O)c3)CC2)c1. The molecular weight excluding hydrogens is 550 g/mol. The van der Waals surface area contributed by atoms with Crippen molar-refractivity contribution in [2.24, 2.45) is 10.9 Å². The number of methoxy groups -OCH3 is 1. The maximum Gasteiger partial charge on any atom is 0.336 e. The zero-order chi connectivity index (χ0) is 30.9. The molecule has 2 aromatic carbocycles. The number of nitrogens with zero attached hydrogens (tertiary/aromatic N) is 3. The number of urea groups is 1. The van der Waals surface area contributed by atoms with Crippen LogP contribution in [0.15, 0.2) is 64.8 Å². The number of hydrogen-bond acceptors (Lipinski definition) is 9. The Morgan fingerprint density at radius 1 is 1.05 bits per heavy atom. The third kappa shape index (κ3) is 7.92. The molecule has 2 amide bonds. The van der Waals surface area contributed by atoms with Gasteiger partial charge in [0, 0.05) is 67.5 Å². The van der Waals surface area contributed by atoms with Gasteiger partial charge in [0.1, 0.15) is 11.7 Å². The first kappa shape index (κ1) is 31.6. The van der Waals surface area contributed by atoms with E-state index in [2.05, 4.69) is 25.4 Å². The molecule has 0 radical (unpaired) electrons. The summed E-state index contributed by atoms with van der Waals surface area (Å²) >= 11 is 0. The number of aromatic hydroxyl groups is 1. The van der Waals surface area contributed by atoms with Gasteiger partial charge in [-0.3, -0.25) is 14.7 Å². The van der Waals surface area contributed by atoms with Gasteiger partial charge >= 0.3 is 18.0 Å². The van der Waals surface area contributed by atoms with Gasteiger partial charge in [-0.05, 0) is 63.6 Å². The number of esters is 2. The molecule has 0 aromatic heterocycles. The summed E-state index contributed by atoms with van der Waals surface area (Å²) in [7, 11) is 1.31. The number of nitrogens with one attached hydrogen (secondary N) is 2. The first-order valence-corrected chi connectivity index (χ1v) is 14.6. The number of carbonyl (C=O) groups is 3. The minimum atomic E-state index is -0.807. The van der Waals surface area contributed by atoms with Gasteiger partial charge in [-0.2, -0.15) is 0 Å². The van der Waals surface area contributed by atoms with Crippen molar-refractivity contribution >= 4 is 35.1 Å². The zero-order valence-corrected chi connectivity index (χ0v) is 25.3. The Hall–Kier alpha value is -4.38. The number of piperazine rings is 1. The minimum Gasteiger partial charge on any atom is -0.508 e. The van der Waals surface area contributed by atoms with Crippen LogP contribution < -0.4 is 15.5 Å². The third-order valence-electron chi connectivity index (χ3n) is 7.79. The van der Waals surface area contributed by atoms with Crippen molar-refractivity contribution in [1.82, 2.24) is 10.2 Å². The van der Waals surface area contributed by atoms with Crippen LogP contribution in [0.4, 0.5) is 16.2 Å². The highest BCUT2D eigenvalue weighted by Crippen LogP contribution is 2.40. The van der Waals surface area contributed by atoms with E-state index in [0.717, 1.165) is 44.8 Å². The van der Waals surface area contributed by atoms with E-state index in [-0.39, 0.29) is 18.4 Å². The summed E-state index contributed by atoms with van der Waals surface area (Å²) in [5.41, 5.74) is 3.54. The van der Waals surface area contributed by atoms with Gasteiger partial charge < -0.3 is 30.1 Å². The Balaban J connectivity index is 1.33. The predicted octanol–water partition coefficient (Wildman–Crippen LogP) is 3.91. The van der Waals surface area contributed by atoms with E-state index in [1.54, 1.807) is 51.1 Å². The fourth-order valence-corrected chi connectivity index (χ4v) is 5.71. The molecule has 2 aliphatic rings. The van der Waals surface area contributed by atoms with Crippen LogP contribution >= 0.6 is 0 Å². The number of ether oxygens (including phenoxy) is 2. The summed E-state index contributed by atoms with van der Waals surface area (Å²) in [6, 6.07) is 14.1. The van der Waals surface area contributed by atoms with E-state index in [9.17, 15) is 19.5 Å². The molecule has 2 aliphatic heterocycles. The van der Waals surface area contributed by atoms with Gasteiger partial charge in [0.2, 0.25) is 0 Å². The van der Waals surface area contributed by atoms with Crippen molar-refractivity contribution in [2.75, 3.05) is 63.2 Å². The number of anilines is 2. The quantitative estimate of drug-likeness (QED) is 0.280. The molecule has 2 unspecified atom stereocenters. The molecule has 2 atom stereocenters. The summed E-state index contributed by atoms with van der Waals surface area (Å²) in [4.78, 5) is 47.6. The van der Waals surface area contributed by atoms with Gasteiger partial charge in [-0.15, -0.1) is 0 Å². The molecule has 11 heteroatoms. The normalized spacial score (nSPS) is 19.0. The Kier molecular flexibility index (Phi) is 10.8. The van der Waals surface area contributed by atoms with E-state index in [1.165, 1.54) is 7.11 Å². The van der Waals surface area contributed by atoms with Crippen LogP contribution in [0.1, 0.15) is 38.7 Å². The Bertz CT molecular complexity index is 1380. The molecular formula is C32H41N5O6. The molecule has 0 bridgehead atoms. The number of aliphatic imine (C=N–C) groups is 1. The molecule has 1 fully saturated rings. The average molecular weight is 592 g/mol. The zero-order valence-electron chi connectivity index (χ0n) is 25.3. The van der Waals surface area contributed by atoms with E-state index in [1.807, 2.05) is 18.2 Å². The number of carbonyl (C=O) groups excluding carboxylic acids is 3. The lowest BCUT2D eigenvalue weighted by Crippen LogP contribution is -2.47. The van der Waals surface area contributed by atoms with Crippen LogP contribution in [0.25, 0.3) is 0 Å². The van der Waals surface area contributed by atoms with E-state index in [4.69, 9.17) is 9.47 Å². The molecule has 2 aromatic rings. The van der Waals surface area contributed by atoms with Crippen molar-refractivity contribution in [3.05, 3.63) is 65.4 Å². The number of hydrogen-bond donors (Lipinski definition) is 3. The van der Waals surface area contributed by atoms with Crippen LogP contribution in [-0.4, -0.2) is 86.7 Å². The highest BCUT2D eigenvalue weighted by Gasteiger charge is 2.42. The molecule has 11 nitrogen and oxygen atoms in total. The maximum absolute atomic E-state index is 13.0. The number of amides is 2. The van der Waals surface area contributed by atoms with Crippen LogP contribution in [-0.2, 0) is 19.1 Å².